The van der Waals surface area contributed by atoms with Gasteiger partial charge in [-0.2, -0.15) is 4.52 Å². The molecule has 0 fully saturated rings. The third kappa shape index (κ3) is 2.39. The second kappa shape index (κ2) is 4.75. The molecule has 3 rings (SSSR count). The fraction of sp³-hybridized carbons (Fsp3) is 0.250. The van der Waals surface area contributed by atoms with E-state index < -0.39 is 0 Å². The number of fused-ring (bicyclic) bond motifs is 1. The Kier molecular flexibility index (Phi) is 3.08. The van der Waals surface area contributed by atoms with Crippen LogP contribution in [0.5, 0.6) is 0 Å². The van der Waals surface area contributed by atoms with Gasteiger partial charge in [-0.05, 0) is 25.3 Å². The third-order valence-electron chi connectivity index (χ3n) is 2.68. The molecule has 0 bridgehead atoms. The highest BCUT2D eigenvalue weighted by Crippen LogP contribution is 2.25. The van der Waals surface area contributed by atoms with Gasteiger partial charge in [0.1, 0.15) is 0 Å². The Labute approximate surface area is 117 Å². The quantitative estimate of drug-likeness (QED) is 0.806. The Morgan fingerprint density at radius 1 is 1.47 bits per heavy atom. The van der Waals surface area contributed by atoms with Gasteiger partial charge in [0.2, 0.25) is 10.1 Å². The lowest BCUT2D eigenvalue weighted by Gasteiger charge is -2.09. The van der Waals surface area contributed by atoms with Crippen LogP contribution in [0, 0.1) is 6.92 Å². The van der Waals surface area contributed by atoms with Crippen molar-refractivity contribution in [1.82, 2.24) is 14.6 Å². The lowest BCUT2D eigenvalue weighted by molar-refractivity contribution is 0.855. The van der Waals surface area contributed by atoms with Crippen LogP contribution in [-0.4, -0.2) is 14.6 Å². The van der Waals surface area contributed by atoms with Crippen molar-refractivity contribution in [3.8, 4) is 0 Å². The van der Waals surface area contributed by atoms with Gasteiger partial charge in [-0.15, -0.1) is 16.4 Å². The Morgan fingerprint density at radius 3 is 3.05 bits per heavy atom. The Bertz CT molecular complexity index is 760. The minimum atomic E-state index is -0.143. The van der Waals surface area contributed by atoms with Crippen molar-refractivity contribution in [1.29, 1.82) is 0 Å². The Balaban J connectivity index is 1.94. The van der Waals surface area contributed by atoms with E-state index >= 15 is 0 Å². The van der Waals surface area contributed by atoms with Crippen molar-refractivity contribution >= 4 is 32.8 Å². The molecule has 3 aromatic rings. The Hall–Kier alpha value is -1.73. The van der Waals surface area contributed by atoms with Gasteiger partial charge < -0.3 is 5.32 Å². The van der Waals surface area contributed by atoms with Crippen molar-refractivity contribution < 1.29 is 0 Å². The number of nitrogens with zero attached hydrogens (tertiary/aromatic N) is 3. The van der Waals surface area contributed by atoms with Crippen molar-refractivity contribution in [3.05, 3.63) is 44.5 Å². The molecule has 0 radical (unpaired) electrons. The summed E-state index contributed by atoms with van der Waals surface area (Å²) in [5.41, 5.74) is 0.571. The predicted molar refractivity (Wildman–Crippen MR) is 78.2 cm³/mol. The molecule has 0 saturated heterocycles. The van der Waals surface area contributed by atoms with Crippen LogP contribution in [0.1, 0.15) is 23.5 Å². The summed E-state index contributed by atoms with van der Waals surface area (Å²) < 4.78 is 1.33. The maximum Gasteiger partial charge on any atom is 0.275 e. The lowest BCUT2D eigenvalue weighted by Crippen LogP contribution is -2.14. The number of aryl methyl sites for hydroxylation is 1. The molecular weight excluding hydrogens is 280 g/mol. The lowest BCUT2D eigenvalue weighted by atomic mass is 10.3. The average Bonchev–Trinajstić information content (AvgIpc) is 2.96. The second-order valence-corrected chi connectivity index (χ2v) is 6.15. The number of anilines is 1. The van der Waals surface area contributed by atoms with Gasteiger partial charge in [0.05, 0.1) is 6.04 Å². The van der Waals surface area contributed by atoms with Gasteiger partial charge in [-0.3, -0.25) is 4.79 Å². The molecule has 0 aliphatic heterocycles. The van der Waals surface area contributed by atoms with Crippen molar-refractivity contribution in [2.24, 2.45) is 0 Å². The minimum absolute atomic E-state index is 0.143. The maximum absolute atomic E-state index is 11.8. The standard InChI is InChI=1S/C12H12N4OS2/c1-7-6-10(17)16-12(13-7)19-11(15-16)14-8(2)9-4-3-5-18-9/h3-6,8H,1-2H3,(H,14,15)/t8-/m0/s1. The van der Waals surface area contributed by atoms with E-state index in [-0.39, 0.29) is 11.6 Å². The zero-order valence-corrected chi connectivity index (χ0v) is 12.1. The molecule has 1 N–H and O–H groups in total. The molecule has 0 aliphatic carbocycles. The summed E-state index contributed by atoms with van der Waals surface area (Å²) in [5, 5.41) is 10.3. The molecule has 7 heteroatoms. The molecule has 0 aromatic carbocycles. The summed E-state index contributed by atoms with van der Waals surface area (Å²) in [4.78, 5) is 17.9. The van der Waals surface area contributed by atoms with Gasteiger partial charge in [0.15, 0.2) is 0 Å². The van der Waals surface area contributed by atoms with E-state index in [9.17, 15) is 4.79 Å². The van der Waals surface area contributed by atoms with Crippen LogP contribution in [0.2, 0.25) is 0 Å². The van der Waals surface area contributed by atoms with Crippen molar-refractivity contribution in [2.45, 2.75) is 19.9 Å². The van der Waals surface area contributed by atoms with Gasteiger partial charge in [0, 0.05) is 16.6 Å². The molecule has 5 nitrogen and oxygen atoms in total. The van der Waals surface area contributed by atoms with Gasteiger partial charge >= 0.3 is 0 Å². The highest BCUT2D eigenvalue weighted by atomic mass is 32.1. The van der Waals surface area contributed by atoms with E-state index in [1.807, 2.05) is 18.4 Å². The van der Waals surface area contributed by atoms with Gasteiger partial charge in [0.25, 0.3) is 5.56 Å². The van der Waals surface area contributed by atoms with E-state index in [0.717, 1.165) is 0 Å². The normalized spacial score (nSPS) is 12.7. The summed E-state index contributed by atoms with van der Waals surface area (Å²) >= 11 is 3.08. The van der Waals surface area contributed by atoms with E-state index in [4.69, 9.17) is 0 Å². The molecule has 0 spiro atoms. The summed E-state index contributed by atoms with van der Waals surface area (Å²) in [6.45, 7) is 3.88. The number of nitrogens with one attached hydrogen (secondary N) is 1. The molecular formula is C12H12N4OS2. The number of rotatable bonds is 3. The summed E-state index contributed by atoms with van der Waals surface area (Å²) in [7, 11) is 0. The zero-order chi connectivity index (χ0) is 13.4. The molecule has 3 aromatic heterocycles. The summed E-state index contributed by atoms with van der Waals surface area (Å²) in [6.07, 6.45) is 0. The molecule has 3 heterocycles. The van der Waals surface area contributed by atoms with Crippen LogP contribution in [0.15, 0.2) is 28.4 Å². The first-order valence-electron chi connectivity index (χ1n) is 5.81. The first kappa shape index (κ1) is 12.3. The highest BCUT2D eigenvalue weighted by molar-refractivity contribution is 7.20. The van der Waals surface area contributed by atoms with Gasteiger partial charge in [-0.1, -0.05) is 17.4 Å². The fourth-order valence-corrected chi connectivity index (χ4v) is 3.45. The predicted octanol–water partition coefficient (Wildman–Crippen LogP) is 2.69. The third-order valence-corrected chi connectivity index (χ3v) is 4.58. The van der Waals surface area contributed by atoms with E-state index in [1.165, 1.54) is 26.8 Å². The molecule has 19 heavy (non-hydrogen) atoms. The van der Waals surface area contributed by atoms with Crippen LogP contribution in [-0.2, 0) is 0 Å². The average molecular weight is 292 g/mol. The van der Waals surface area contributed by atoms with E-state index in [1.54, 1.807) is 11.3 Å². The molecule has 0 unspecified atom stereocenters. The second-order valence-electron chi connectivity index (χ2n) is 4.22. The number of thiophene rings is 1. The van der Waals surface area contributed by atoms with Gasteiger partial charge in [-0.25, -0.2) is 4.98 Å². The van der Waals surface area contributed by atoms with Crippen LogP contribution in [0.3, 0.4) is 0 Å². The summed E-state index contributed by atoms with van der Waals surface area (Å²) in [5.74, 6) is 0. The fourth-order valence-electron chi connectivity index (χ4n) is 1.77. The van der Waals surface area contributed by atoms with Crippen LogP contribution >= 0.6 is 22.7 Å². The number of aromatic nitrogens is 3. The van der Waals surface area contributed by atoms with E-state index in [0.29, 0.717) is 15.8 Å². The highest BCUT2D eigenvalue weighted by Gasteiger charge is 2.11. The summed E-state index contributed by atoms with van der Waals surface area (Å²) in [6, 6.07) is 5.74. The zero-order valence-electron chi connectivity index (χ0n) is 10.5. The van der Waals surface area contributed by atoms with Crippen LogP contribution in [0.25, 0.3) is 4.96 Å². The first-order chi connectivity index (χ1) is 9.13. The Morgan fingerprint density at radius 2 is 2.32 bits per heavy atom. The monoisotopic (exact) mass is 292 g/mol. The molecule has 0 amide bonds. The van der Waals surface area contributed by atoms with Crippen LogP contribution < -0.4 is 10.9 Å². The smallest absolute Gasteiger partial charge is 0.275 e. The SMILES string of the molecule is Cc1cc(=O)n2nc(N[C@@H](C)c3cccs3)sc2n1. The molecule has 1 atom stereocenters. The molecule has 0 aliphatic rings. The minimum Gasteiger partial charge on any atom is -0.353 e. The van der Waals surface area contributed by atoms with E-state index in [2.05, 4.69) is 28.4 Å². The topological polar surface area (TPSA) is 59.3 Å². The van der Waals surface area contributed by atoms with Crippen molar-refractivity contribution in [2.75, 3.05) is 5.32 Å². The number of hydrogen-bond donors (Lipinski definition) is 1. The van der Waals surface area contributed by atoms with Crippen LogP contribution in [0.4, 0.5) is 5.13 Å². The number of hydrogen-bond acceptors (Lipinski definition) is 6. The van der Waals surface area contributed by atoms with Crippen molar-refractivity contribution in [3.63, 3.8) is 0 Å². The molecule has 0 saturated carbocycles. The first-order valence-corrected chi connectivity index (χ1v) is 7.50. The largest absolute Gasteiger partial charge is 0.353 e. The molecule has 98 valence electrons. The maximum atomic E-state index is 11.8.